The van der Waals surface area contributed by atoms with Crippen LogP contribution in [0, 0.1) is 5.92 Å². The molecule has 156 valence electrons. The van der Waals surface area contributed by atoms with E-state index in [1.54, 1.807) is 24.3 Å². The van der Waals surface area contributed by atoms with Gasteiger partial charge in [0.25, 0.3) is 5.91 Å². The van der Waals surface area contributed by atoms with E-state index in [4.69, 9.17) is 0 Å². The van der Waals surface area contributed by atoms with Gasteiger partial charge in [-0.1, -0.05) is 30.4 Å². The topological polar surface area (TPSA) is 70.1 Å². The monoisotopic (exact) mass is 417 g/mol. The van der Waals surface area contributed by atoms with Crippen molar-refractivity contribution in [2.75, 3.05) is 13.1 Å². The van der Waals surface area contributed by atoms with Crippen molar-refractivity contribution >= 4 is 23.6 Å². The minimum absolute atomic E-state index is 0.143. The van der Waals surface area contributed by atoms with E-state index in [1.807, 2.05) is 0 Å². The van der Waals surface area contributed by atoms with E-state index >= 15 is 0 Å². The summed E-state index contributed by atoms with van der Waals surface area (Å²) in [7, 11) is 0. The number of amides is 4. The molecule has 3 aliphatic rings. The van der Waals surface area contributed by atoms with Crippen molar-refractivity contribution in [2.45, 2.75) is 25.1 Å². The fraction of sp³-hybridized carbons (Fsp3) is 0.333. The smallest absolute Gasteiger partial charge is 0.338 e. The number of nitrogens with zero attached hydrogens (tertiary/aromatic N) is 3. The average Bonchev–Trinajstić information content (AvgIpc) is 2.73. The van der Waals surface area contributed by atoms with E-state index in [2.05, 4.69) is 4.99 Å². The fourth-order valence-electron chi connectivity index (χ4n) is 4.01. The van der Waals surface area contributed by atoms with Crippen molar-refractivity contribution in [3.8, 4) is 0 Å². The maximum atomic E-state index is 13.2. The summed E-state index contributed by atoms with van der Waals surface area (Å²) in [5.74, 6) is -1.68. The summed E-state index contributed by atoms with van der Waals surface area (Å²) in [5.41, 5.74) is -0.973. The normalized spacial score (nSPS) is 22.2. The third-order valence-electron chi connectivity index (χ3n) is 5.51. The molecule has 0 aromatic heterocycles. The standard InChI is InChI=1S/C21H18F3N3O3/c22-21(23,24)16-7-3-1-5-14(16)18(28)26-11-9-13(10-12-26)27-19(29)15-6-2-4-8-17(15)25-20(27)30/h1-8,13,15H,9-12H2. The molecule has 4 amide bonds. The van der Waals surface area contributed by atoms with Crippen molar-refractivity contribution in [1.29, 1.82) is 0 Å². The molecule has 2 aliphatic heterocycles. The molecule has 0 saturated carbocycles. The van der Waals surface area contributed by atoms with Gasteiger partial charge >= 0.3 is 12.2 Å². The molecule has 1 aromatic rings. The second-order valence-corrected chi connectivity index (χ2v) is 7.32. The molecule has 1 fully saturated rings. The first-order chi connectivity index (χ1) is 14.3. The number of aliphatic imine (C=N–C) groups is 1. The Bertz CT molecular complexity index is 989. The number of carbonyl (C=O) groups excluding carboxylic acids is 3. The molecule has 1 saturated heterocycles. The summed E-state index contributed by atoms with van der Waals surface area (Å²) >= 11 is 0. The van der Waals surface area contributed by atoms with Crippen LogP contribution in [0.15, 0.2) is 53.6 Å². The first kappa shape index (κ1) is 20.1. The highest BCUT2D eigenvalue weighted by molar-refractivity contribution is 6.21. The summed E-state index contributed by atoms with van der Waals surface area (Å²) in [6, 6.07) is 3.58. The Balaban J connectivity index is 1.47. The molecule has 1 aliphatic carbocycles. The summed E-state index contributed by atoms with van der Waals surface area (Å²) in [4.78, 5) is 44.4. The van der Waals surface area contributed by atoms with Crippen LogP contribution in [0.1, 0.15) is 28.8 Å². The number of imide groups is 1. The fourth-order valence-corrected chi connectivity index (χ4v) is 4.01. The number of rotatable bonds is 2. The molecule has 0 spiro atoms. The summed E-state index contributed by atoms with van der Waals surface area (Å²) in [6.45, 7) is 0.285. The second-order valence-electron chi connectivity index (χ2n) is 7.32. The summed E-state index contributed by atoms with van der Waals surface area (Å²) in [6.07, 6.45) is 2.66. The van der Waals surface area contributed by atoms with Gasteiger partial charge in [-0.25, -0.2) is 4.79 Å². The molecule has 1 unspecified atom stereocenters. The molecular weight excluding hydrogens is 399 g/mol. The lowest BCUT2D eigenvalue weighted by Gasteiger charge is -2.39. The first-order valence-electron chi connectivity index (χ1n) is 9.53. The van der Waals surface area contributed by atoms with Crippen molar-refractivity contribution < 1.29 is 27.6 Å². The van der Waals surface area contributed by atoms with Gasteiger partial charge in [0.15, 0.2) is 0 Å². The Morgan fingerprint density at radius 3 is 2.47 bits per heavy atom. The first-order valence-corrected chi connectivity index (χ1v) is 9.53. The van der Waals surface area contributed by atoms with Gasteiger partial charge in [0.1, 0.15) is 0 Å². The van der Waals surface area contributed by atoms with E-state index in [0.29, 0.717) is 5.71 Å². The van der Waals surface area contributed by atoms with Gasteiger partial charge in [-0.15, -0.1) is 0 Å². The molecule has 6 nitrogen and oxygen atoms in total. The maximum Gasteiger partial charge on any atom is 0.417 e. The van der Waals surface area contributed by atoms with Crippen LogP contribution in [0.5, 0.6) is 0 Å². The zero-order valence-corrected chi connectivity index (χ0v) is 15.8. The number of allylic oxidation sites excluding steroid dienone is 3. The number of urea groups is 1. The Kier molecular flexibility index (Phi) is 5.05. The average molecular weight is 417 g/mol. The molecule has 0 radical (unpaired) electrons. The van der Waals surface area contributed by atoms with Crippen molar-refractivity contribution in [2.24, 2.45) is 10.9 Å². The van der Waals surface area contributed by atoms with Gasteiger partial charge in [-0.05, 0) is 31.1 Å². The number of benzene rings is 1. The zero-order chi connectivity index (χ0) is 21.5. The van der Waals surface area contributed by atoms with Crippen LogP contribution >= 0.6 is 0 Å². The van der Waals surface area contributed by atoms with E-state index in [-0.39, 0.29) is 31.8 Å². The minimum Gasteiger partial charge on any atom is -0.338 e. The number of carbonyl (C=O) groups is 3. The van der Waals surface area contributed by atoms with Crippen molar-refractivity contribution in [3.63, 3.8) is 0 Å². The van der Waals surface area contributed by atoms with E-state index in [1.165, 1.54) is 17.0 Å². The third-order valence-corrected chi connectivity index (χ3v) is 5.51. The number of likely N-dealkylation sites (tertiary alicyclic amines) is 1. The number of hydrogen-bond donors (Lipinski definition) is 0. The number of fused-ring (bicyclic) bond motifs is 1. The van der Waals surface area contributed by atoms with Crippen LogP contribution in [-0.4, -0.2) is 52.5 Å². The van der Waals surface area contributed by atoms with Crippen LogP contribution in [0.3, 0.4) is 0 Å². The molecule has 2 heterocycles. The Labute approximate surface area is 170 Å². The molecule has 30 heavy (non-hydrogen) atoms. The van der Waals surface area contributed by atoms with E-state index in [0.717, 1.165) is 17.0 Å². The Morgan fingerprint density at radius 1 is 1.07 bits per heavy atom. The molecule has 0 bridgehead atoms. The lowest BCUT2D eigenvalue weighted by molar-refractivity contribution is -0.138. The molecule has 0 N–H and O–H groups in total. The predicted molar refractivity (Wildman–Crippen MR) is 102 cm³/mol. The predicted octanol–water partition coefficient (Wildman–Crippen LogP) is 3.46. The van der Waals surface area contributed by atoms with Crippen LogP contribution in [0.25, 0.3) is 0 Å². The number of hydrogen-bond acceptors (Lipinski definition) is 3. The largest absolute Gasteiger partial charge is 0.417 e. The highest BCUT2D eigenvalue weighted by Gasteiger charge is 2.42. The van der Waals surface area contributed by atoms with Crippen molar-refractivity contribution in [3.05, 3.63) is 59.7 Å². The Hall–Kier alpha value is -3.23. The molecular formula is C21H18F3N3O3. The third kappa shape index (κ3) is 3.55. The van der Waals surface area contributed by atoms with Gasteiger partial charge < -0.3 is 4.90 Å². The van der Waals surface area contributed by atoms with Crippen LogP contribution in [0.2, 0.25) is 0 Å². The molecule has 1 aromatic carbocycles. The number of piperidine rings is 1. The molecule has 4 rings (SSSR count). The van der Waals surface area contributed by atoms with Gasteiger partial charge in [0.2, 0.25) is 5.91 Å². The maximum absolute atomic E-state index is 13.2. The number of halogens is 3. The minimum atomic E-state index is -4.63. The Morgan fingerprint density at radius 2 is 1.77 bits per heavy atom. The van der Waals surface area contributed by atoms with Crippen LogP contribution in [0.4, 0.5) is 18.0 Å². The second kappa shape index (κ2) is 7.55. The van der Waals surface area contributed by atoms with Crippen LogP contribution < -0.4 is 0 Å². The lowest BCUT2D eigenvalue weighted by Crippen LogP contribution is -2.54. The van der Waals surface area contributed by atoms with Gasteiger partial charge in [0, 0.05) is 19.1 Å². The van der Waals surface area contributed by atoms with E-state index < -0.39 is 41.2 Å². The zero-order valence-electron chi connectivity index (χ0n) is 15.8. The van der Waals surface area contributed by atoms with Gasteiger partial charge in [-0.3, -0.25) is 14.5 Å². The quantitative estimate of drug-likeness (QED) is 0.740. The highest BCUT2D eigenvalue weighted by atomic mass is 19.4. The SMILES string of the molecule is O=C(c1ccccc1C(F)(F)F)N1CCC(N2C(=O)N=C3C=CC=CC3C2=O)CC1. The highest BCUT2D eigenvalue weighted by Crippen LogP contribution is 2.33. The molecule has 1 atom stereocenters. The van der Waals surface area contributed by atoms with Crippen molar-refractivity contribution in [1.82, 2.24) is 9.80 Å². The number of alkyl halides is 3. The summed E-state index contributed by atoms with van der Waals surface area (Å²) in [5, 5.41) is 0. The summed E-state index contributed by atoms with van der Waals surface area (Å²) < 4.78 is 39.7. The lowest BCUT2D eigenvalue weighted by atomic mass is 9.93. The van der Waals surface area contributed by atoms with Gasteiger partial charge in [0.05, 0.1) is 22.8 Å². The van der Waals surface area contributed by atoms with Crippen LogP contribution in [-0.2, 0) is 11.0 Å². The van der Waals surface area contributed by atoms with Gasteiger partial charge in [-0.2, -0.15) is 18.2 Å². The molecule has 9 heteroatoms. The van der Waals surface area contributed by atoms with E-state index in [9.17, 15) is 27.6 Å².